The van der Waals surface area contributed by atoms with Crippen LogP contribution in [0.3, 0.4) is 0 Å². The zero-order valence-electron chi connectivity index (χ0n) is 12.0. The highest BCUT2D eigenvalue weighted by molar-refractivity contribution is 5.33. The van der Waals surface area contributed by atoms with Crippen molar-refractivity contribution >= 4 is 5.95 Å². The van der Waals surface area contributed by atoms with Crippen LogP contribution < -0.4 is 10.2 Å². The van der Waals surface area contributed by atoms with E-state index in [0.29, 0.717) is 5.75 Å². The first-order valence-electron chi connectivity index (χ1n) is 7.37. The first kappa shape index (κ1) is 13.8. The standard InChI is InChI=1S/C16H20N4O/c21-15-4-2-13(3-5-15)12-14-6-8-18-16(19-14)20-10-1-7-17-9-11-20/h2-6,8,17,21H,1,7,9-12H2. The minimum atomic E-state index is 0.291. The van der Waals surface area contributed by atoms with Gasteiger partial charge < -0.3 is 15.3 Å². The molecule has 0 radical (unpaired) electrons. The molecular weight excluding hydrogens is 264 g/mol. The molecule has 0 atom stereocenters. The van der Waals surface area contributed by atoms with Gasteiger partial charge in [0.25, 0.3) is 0 Å². The topological polar surface area (TPSA) is 61.3 Å². The van der Waals surface area contributed by atoms with Crippen LogP contribution in [0, 0.1) is 0 Å². The largest absolute Gasteiger partial charge is 0.508 e. The Bertz CT molecular complexity index is 577. The van der Waals surface area contributed by atoms with Crippen LogP contribution in [0.15, 0.2) is 36.5 Å². The number of aromatic nitrogens is 2. The molecule has 0 spiro atoms. The molecule has 110 valence electrons. The lowest BCUT2D eigenvalue weighted by Crippen LogP contribution is -2.29. The Kier molecular flexibility index (Phi) is 4.31. The zero-order valence-corrected chi connectivity index (χ0v) is 12.0. The van der Waals surface area contributed by atoms with E-state index in [-0.39, 0.29) is 0 Å². The van der Waals surface area contributed by atoms with E-state index in [9.17, 15) is 5.11 Å². The summed E-state index contributed by atoms with van der Waals surface area (Å²) in [5.41, 5.74) is 2.14. The summed E-state index contributed by atoms with van der Waals surface area (Å²) >= 11 is 0. The van der Waals surface area contributed by atoms with Crippen molar-refractivity contribution in [2.75, 3.05) is 31.1 Å². The fraction of sp³-hybridized carbons (Fsp3) is 0.375. The predicted molar refractivity (Wildman–Crippen MR) is 82.6 cm³/mol. The van der Waals surface area contributed by atoms with Gasteiger partial charge in [-0.25, -0.2) is 9.97 Å². The van der Waals surface area contributed by atoms with Gasteiger partial charge in [-0.2, -0.15) is 0 Å². The number of rotatable bonds is 3. The van der Waals surface area contributed by atoms with E-state index < -0.39 is 0 Å². The van der Waals surface area contributed by atoms with E-state index >= 15 is 0 Å². The second-order valence-corrected chi connectivity index (χ2v) is 5.28. The maximum atomic E-state index is 9.33. The Hall–Kier alpha value is -2.14. The van der Waals surface area contributed by atoms with Crippen molar-refractivity contribution in [2.45, 2.75) is 12.8 Å². The highest BCUT2D eigenvalue weighted by Crippen LogP contribution is 2.15. The molecule has 1 aliphatic heterocycles. The summed E-state index contributed by atoms with van der Waals surface area (Å²) in [6.45, 7) is 3.98. The highest BCUT2D eigenvalue weighted by atomic mass is 16.3. The molecule has 1 aliphatic rings. The normalized spacial score (nSPS) is 15.7. The summed E-state index contributed by atoms with van der Waals surface area (Å²) in [5.74, 6) is 1.11. The third-order valence-corrected chi connectivity index (χ3v) is 3.65. The summed E-state index contributed by atoms with van der Waals surface area (Å²) in [7, 11) is 0. The highest BCUT2D eigenvalue weighted by Gasteiger charge is 2.12. The lowest BCUT2D eigenvalue weighted by Gasteiger charge is -2.20. The van der Waals surface area contributed by atoms with Crippen LogP contribution in [0.2, 0.25) is 0 Å². The average molecular weight is 284 g/mol. The van der Waals surface area contributed by atoms with E-state index in [1.165, 1.54) is 0 Å². The molecule has 5 heteroatoms. The molecule has 2 aromatic rings. The summed E-state index contributed by atoms with van der Waals surface area (Å²) in [5, 5.41) is 12.7. The van der Waals surface area contributed by atoms with E-state index in [2.05, 4.69) is 20.2 Å². The predicted octanol–water partition coefficient (Wildman–Crippen LogP) is 1.57. The third kappa shape index (κ3) is 3.70. The van der Waals surface area contributed by atoms with Crippen molar-refractivity contribution in [1.29, 1.82) is 0 Å². The third-order valence-electron chi connectivity index (χ3n) is 3.65. The van der Waals surface area contributed by atoms with E-state index in [1.54, 1.807) is 12.1 Å². The van der Waals surface area contributed by atoms with Crippen molar-refractivity contribution in [3.63, 3.8) is 0 Å². The van der Waals surface area contributed by atoms with Crippen molar-refractivity contribution in [3.05, 3.63) is 47.8 Å². The Morgan fingerprint density at radius 1 is 1.10 bits per heavy atom. The number of hydrogen-bond donors (Lipinski definition) is 2. The van der Waals surface area contributed by atoms with Gasteiger partial charge in [0.05, 0.1) is 5.69 Å². The SMILES string of the molecule is Oc1ccc(Cc2ccnc(N3CCCNCC3)n2)cc1. The number of phenols is 1. The smallest absolute Gasteiger partial charge is 0.225 e. The number of nitrogens with one attached hydrogen (secondary N) is 1. The van der Waals surface area contributed by atoms with E-state index in [0.717, 1.165) is 56.2 Å². The Labute approximate surface area is 124 Å². The second kappa shape index (κ2) is 6.54. The molecule has 21 heavy (non-hydrogen) atoms. The number of anilines is 1. The molecule has 1 saturated heterocycles. The fourth-order valence-corrected chi connectivity index (χ4v) is 2.50. The molecule has 1 aromatic heterocycles. The minimum absolute atomic E-state index is 0.291. The zero-order chi connectivity index (χ0) is 14.5. The van der Waals surface area contributed by atoms with Gasteiger partial charge in [0, 0.05) is 32.3 Å². The van der Waals surface area contributed by atoms with Gasteiger partial charge >= 0.3 is 0 Å². The molecule has 2 N–H and O–H groups in total. The van der Waals surface area contributed by atoms with Crippen LogP contribution in [0.25, 0.3) is 0 Å². The molecule has 1 aromatic carbocycles. The molecule has 0 amide bonds. The fourth-order valence-electron chi connectivity index (χ4n) is 2.50. The van der Waals surface area contributed by atoms with Crippen LogP contribution in [-0.2, 0) is 6.42 Å². The van der Waals surface area contributed by atoms with Gasteiger partial charge in [0.15, 0.2) is 0 Å². The Morgan fingerprint density at radius 2 is 1.95 bits per heavy atom. The maximum Gasteiger partial charge on any atom is 0.225 e. The van der Waals surface area contributed by atoms with Crippen LogP contribution in [0.5, 0.6) is 5.75 Å². The number of phenolic OH excluding ortho intramolecular Hbond substituents is 1. The van der Waals surface area contributed by atoms with Crippen molar-refractivity contribution in [1.82, 2.24) is 15.3 Å². The summed E-state index contributed by atoms with van der Waals surface area (Å²) in [6.07, 6.45) is 3.70. The number of hydrogen-bond acceptors (Lipinski definition) is 5. The molecule has 1 fully saturated rings. The van der Waals surface area contributed by atoms with Crippen LogP contribution in [-0.4, -0.2) is 41.3 Å². The first-order valence-corrected chi connectivity index (χ1v) is 7.37. The molecular formula is C16H20N4O. The maximum absolute atomic E-state index is 9.33. The van der Waals surface area contributed by atoms with Crippen molar-refractivity contribution in [3.8, 4) is 5.75 Å². The van der Waals surface area contributed by atoms with Gasteiger partial charge in [-0.05, 0) is 36.7 Å². The van der Waals surface area contributed by atoms with Crippen LogP contribution >= 0.6 is 0 Å². The van der Waals surface area contributed by atoms with Crippen LogP contribution in [0.4, 0.5) is 5.95 Å². The number of nitrogens with zero attached hydrogens (tertiary/aromatic N) is 3. The summed E-state index contributed by atoms with van der Waals surface area (Å²) < 4.78 is 0. The molecule has 5 nitrogen and oxygen atoms in total. The van der Waals surface area contributed by atoms with Crippen LogP contribution in [0.1, 0.15) is 17.7 Å². The first-order chi connectivity index (χ1) is 10.3. The Morgan fingerprint density at radius 3 is 2.81 bits per heavy atom. The van der Waals surface area contributed by atoms with Gasteiger partial charge in [0.2, 0.25) is 5.95 Å². The molecule has 0 unspecified atom stereocenters. The van der Waals surface area contributed by atoms with E-state index in [4.69, 9.17) is 0 Å². The average Bonchev–Trinajstić information content (AvgIpc) is 2.79. The van der Waals surface area contributed by atoms with Gasteiger partial charge in [-0.15, -0.1) is 0 Å². The molecule has 0 aliphatic carbocycles. The van der Waals surface area contributed by atoms with Gasteiger partial charge in [0.1, 0.15) is 5.75 Å². The number of benzene rings is 1. The number of aromatic hydroxyl groups is 1. The molecule has 0 saturated carbocycles. The summed E-state index contributed by atoms with van der Waals surface area (Å²) in [6, 6.07) is 9.21. The van der Waals surface area contributed by atoms with Crippen molar-refractivity contribution in [2.24, 2.45) is 0 Å². The van der Waals surface area contributed by atoms with Gasteiger partial charge in [-0.1, -0.05) is 12.1 Å². The lowest BCUT2D eigenvalue weighted by molar-refractivity contribution is 0.475. The molecule has 3 rings (SSSR count). The molecule has 0 bridgehead atoms. The Balaban J connectivity index is 1.74. The summed E-state index contributed by atoms with van der Waals surface area (Å²) in [4.78, 5) is 11.3. The quantitative estimate of drug-likeness (QED) is 0.896. The van der Waals surface area contributed by atoms with Crippen molar-refractivity contribution < 1.29 is 5.11 Å². The monoisotopic (exact) mass is 284 g/mol. The van der Waals surface area contributed by atoms with Gasteiger partial charge in [-0.3, -0.25) is 0 Å². The lowest BCUT2D eigenvalue weighted by atomic mass is 10.1. The second-order valence-electron chi connectivity index (χ2n) is 5.28. The van der Waals surface area contributed by atoms with E-state index in [1.807, 2.05) is 24.4 Å². The molecule has 2 heterocycles. The minimum Gasteiger partial charge on any atom is -0.508 e.